The van der Waals surface area contributed by atoms with E-state index in [1.807, 2.05) is 0 Å². The fourth-order valence-corrected chi connectivity index (χ4v) is 2.95. The number of halogens is 1. The molecule has 3 aromatic rings. The largest absolute Gasteiger partial charge is 0.548 e. The van der Waals surface area contributed by atoms with E-state index in [0.717, 1.165) is 0 Å². The van der Waals surface area contributed by atoms with Crippen LogP contribution in [0.15, 0.2) is 90.6 Å². The summed E-state index contributed by atoms with van der Waals surface area (Å²) < 4.78 is 13.2. The number of benzene rings is 3. The highest BCUT2D eigenvalue weighted by Crippen LogP contribution is 2.10. The number of hydrogen-bond donors (Lipinski definition) is 2. The molecular formula is C25H20FN2O4-. The fourth-order valence-electron chi connectivity index (χ4n) is 2.95. The second-order valence-corrected chi connectivity index (χ2v) is 6.96. The van der Waals surface area contributed by atoms with Gasteiger partial charge in [0.2, 0.25) is 0 Å². The maximum absolute atomic E-state index is 13.2. The van der Waals surface area contributed by atoms with E-state index in [0.29, 0.717) is 16.7 Å². The minimum atomic E-state index is -1.46. The number of aliphatic carboxylic acids is 1. The Morgan fingerprint density at radius 2 is 1.47 bits per heavy atom. The van der Waals surface area contributed by atoms with Gasteiger partial charge in [-0.05, 0) is 47.9 Å². The second kappa shape index (κ2) is 10.7. The molecule has 0 saturated carbocycles. The summed E-state index contributed by atoms with van der Waals surface area (Å²) in [7, 11) is 0. The van der Waals surface area contributed by atoms with Gasteiger partial charge in [-0.25, -0.2) is 4.39 Å². The van der Waals surface area contributed by atoms with Crippen LogP contribution in [0.2, 0.25) is 0 Å². The highest BCUT2D eigenvalue weighted by molar-refractivity contribution is 6.06. The molecule has 0 aliphatic carbocycles. The Morgan fingerprint density at radius 1 is 0.875 bits per heavy atom. The van der Waals surface area contributed by atoms with Gasteiger partial charge >= 0.3 is 0 Å². The van der Waals surface area contributed by atoms with Gasteiger partial charge in [-0.15, -0.1) is 0 Å². The maximum Gasteiger partial charge on any atom is 0.268 e. The summed E-state index contributed by atoms with van der Waals surface area (Å²) in [5.74, 6) is -3.29. The molecule has 0 unspecified atom stereocenters. The Labute approximate surface area is 184 Å². The van der Waals surface area contributed by atoms with E-state index in [-0.39, 0.29) is 12.1 Å². The lowest BCUT2D eigenvalue weighted by Gasteiger charge is -2.21. The number of carboxylic acid groups (broad SMARTS) is 1. The average Bonchev–Trinajstić information content (AvgIpc) is 2.80. The van der Waals surface area contributed by atoms with Gasteiger partial charge in [0.1, 0.15) is 11.5 Å². The first-order valence-corrected chi connectivity index (χ1v) is 9.81. The molecule has 162 valence electrons. The zero-order valence-corrected chi connectivity index (χ0v) is 17.0. The van der Waals surface area contributed by atoms with Crippen molar-refractivity contribution in [3.63, 3.8) is 0 Å². The zero-order chi connectivity index (χ0) is 22.9. The van der Waals surface area contributed by atoms with Crippen molar-refractivity contribution in [2.45, 2.75) is 12.5 Å². The van der Waals surface area contributed by atoms with Crippen molar-refractivity contribution >= 4 is 23.9 Å². The smallest absolute Gasteiger partial charge is 0.268 e. The van der Waals surface area contributed by atoms with Gasteiger partial charge in [0.15, 0.2) is 0 Å². The third-order valence-electron chi connectivity index (χ3n) is 4.58. The molecule has 0 saturated heterocycles. The molecule has 0 aliphatic rings. The summed E-state index contributed by atoms with van der Waals surface area (Å²) in [5, 5.41) is 16.5. The number of carbonyl (C=O) groups is 3. The summed E-state index contributed by atoms with van der Waals surface area (Å²) in [6, 6.07) is 20.9. The van der Waals surface area contributed by atoms with Crippen LogP contribution < -0.4 is 15.7 Å². The Bertz CT molecular complexity index is 1110. The van der Waals surface area contributed by atoms with Crippen LogP contribution in [-0.2, 0) is 16.0 Å². The van der Waals surface area contributed by atoms with Crippen LogP contribution in [0, 0.1) is 5.82 Å². The zero-order valence-electron chi connectivity index (χ0n) is 17.0. The summed E-state index contributed by atoms with van der Waals surface area (Å²) in [4.78, 5) is 37.1. The average molecular weight is 431 g/mol. The van der Waals surface area contributed by atoms with Crippen molar-refractivity contribution in [2.75, 3.05) is 0 Å². The molecular weight excluding hydrogens is 411 g/mol. The van der Waals surface area contributed by atoms with Gasteiger partial charge in [-0.1, -0.05) is 60.7 Å². The van der Waals surface area contributed by atoms with E-state index in [1.54, 1.807) is 60.7 Å². The van der Waals surface area contributed by atoms with Crippen LogP contribution in [0.25, 0.3) is 6.08 Å². The van der Waals surface area contributed by atoms with Gasteiger partial charge < -0.3 is 20.5 Å². The molecule has 3 aromatic carbocycles. The molecule has 6 nitrogen and oxygen atoms in total. The molecule has 7 heteroatoms. The molecule has 32 heavy (non-hydrogen) atoms. The molecule has 0 bridgehead atoms. The third-order valence-corrected chi connectivity index (χ3v) is 4.58. The van der Waals surface area contributed by atoms with Crippen molar-refractivity contribution in [1.29, 1.82) is 0 Å². The van der Waals surface area contributed by atoms with Crippen LogP contribution in [0.4, 0.5) is 4.39 Å². The first-order valence-electron chi connectivity index (χ1n) is 9.81. The van der Waals surface area contributed by atoms with Crippen molar-refractivity contribution in [3.8, 4) is 0 Å². The highest BCUT2D eigenvalue weighted by atomic mass is 19.1. The van der Waals surface area contributed by atoms with Crippen molar-refractivity contribution in [1.82, 2.24) is 10.6 Å². The first kappa shape index (κ1) is 22.4. The van der Waals surface area contributed by atoms with Crippen molar-refractivity contribution in [3.05, 3.63) is 113 Å². The van der Waals surface area contributed by atoms with E-state index in [4.69, 9.17) is 0 Å². The molecule has 0 aliphatic heterocycles. The summed E-state index contributed by atoms with van der Waals surface area (Å²) in [6.07, 6.45) is 1.34. The lowest BCUT2D eigenvalue weighted by atomic mass is 10.1. The molecule has 0 heterocycles. The molecule has 0 fully saturated rings. The number of amides is 2. The number of rotatable bonds is 8. The monoisotopic (exact) mass is 431 g/mol. The normalized spacial score (nSPS) is 12.0. The van der Waals surface area contributed by atoms with Gasteiger partial charge in [-0.2, -0.15) is 0 Å². The van der Waals surface area contributed by atoms with Gasteiger partial charge in [-0.3, -0.25) is 9.59 Å². The number of hydrogen-bond acceptors (Lipinski definition) is 4. The Balaban J connectivity index is 1.85. The highest BCUT2D eigenvalue weighted by Gasteiger charge is 2.19. The SMILES string of the molecule is O=C(N[C@@H](Cc1ccccc1)C(=O)[O-])/C(=C/c1ccc(F)cc1)NC(=O)c1ccccc1. The summed E-state index contributed by atoms with van der Waals surface area (Å²) in [6.45, 7) is 0. The molecule has 2 N–H and O–H groups in total. The Kier molecular flexibility index (Phi) is 7.48. The first-order chi connectivity index (χ1) is 15.4. The molecule has 0 radical (unpaired) electrons. The minimum absolute atomic E-state index is 0.00533. The molecule has 2 amide bonds. The van der Waals surface area contributed by atoms with Gasteiger partial charge in [0.05, 0.1) is 12.0 Å². The van der Waals surface area contributed by atoms with Crippen LogP contribution in [0.3, 0.4) is 0 Å². The molecule has 0 aromatic heterocycles. The number of carboxylic acids is 1. The summed E-state index contributed by atoms with van der Waals surface area (Å²) >= 11 is 0. The van der Waals surface area contributed by atoms with E-state index in [9.17, 15) is 23.9 Å². The predicted molar refractivity (Wildman–Crippen MR) is 115 cm³/mol. The quantitative estimate of drug-likeness (QED) is 0.534. The lowest BCUT2D eigenvalue weighted by molar-refractivity contribution is -0.308. The van der Waals surface area contributed by atoms with Crippen LogP contribution in [-0.4, -0.2) is 23.8 Å². The Hall–Kier alpha value is -4.26. The number of carbonyl (C=O) groups excluding carboxylic acids is 3. The second-order valence-electron chi connectivity index (χ2n) is 6.96. The third kappa shape index (κ3) is 6.37. The molecule has 1 atom stereocenters. The van der Waals surface area contributed by atoms with E-state index in [2.05, 4.69) is 10.6 Å². The lowest BCUT2D eigenvalue weighted by Crippen LogP contribution is -2.50. The topological polar surface area (TPSA) is 98.3 Å². The van der Waals surface area contributed by atoms with Gasteiger partial charge in [0.25, 0.3) is 11.8 Å². The molecule has 3 rings (SSSR count). The van der Waals surface area contributed by atoms with E-state index in [1.165, 1.54) is 30.3 Å². The number of nitrogens with one attached hydrogen (secondary N) is 2. The minimum Gasteiger partial charge on any atom is -0.548 e. The fraction of sp³-hybridized carbons (Fsp3) is 0.0800. The van der Waals surface area contributed by atoms with Crippen LogP contribution >= 0.6 is 0 Å². The van der Waals surface area contributed by atoms with Crippen LogP contribution in [0.5, 0.6) is 0 Å². The van der Waals surface area contributed by atoms with Crippen molar-refractivity contribution < 1.29 is 23.9 Å². The van der Waals surface area contributed by atoms with Crippen LogP contribution in [0.1, 0.15) is 21.5 Å². The summed E-state index contributed by atoms with van der Waals surface area (Å²) in [5.41, 5.74) is 1.26. The van der Waals surface area contributed by atoms with E-state index >= 15 is 0 Å². The maximum atomic E-state index is 13.2. The Morgan fingerprint density at radius 3 is 2.06 bits per heavy atom. The van der Waals surface area contributed by atoms with E-state index < -0.39 is 29.6 Å². The van der Waals surface area contributed by atoms with Crippen molar-refractivity contribution in [2.24, 2.45) is 0 Å². The molecule has 0 spiro atoms. The standard InChI is InChI=1S/C25H21FN2O4/c26-20-13-11-18(12-14-20)15-21(27-23(29)19-9-5-2-6-10-19)24(30)28-22(25(31)32)16-17-7-3-1-4-8-17/h1-15,22H,16H2,(H,27,29)(H,28,30)(H,31,32)/p-1/b21-15-/t22-/m0/s1. The van der Waals surface area contributed by atoms with Gasteiger partial charge in [0, 0.05) is 5.56 Å². The predicted octanol–water partition coefficient (Wildman–Crippen LogP) is 2.07.